The van der Waals surface area contributed by atoms with Crippen LogP contribution in [-0.2, 0) is 19.0 Å². The van der Waals surface area contributed by atoms with Gasteiger partial charge in [-0.25, -0.2) is 4.79 Å². The number of methoxy groups -OCH3 is 1. The number of ether oxygens (including phenoxy) is 3. The molecule has 6 heteroatoms. The molecule has 0 saturated carbocycles. The molecule has 20 heavy (non-hydrogen) atoms. The fourth-order valence-corrected chi connectivity index (χ4v) is 5.49. The Kier molecular flexibility index (Phi) is 4.80. The van der Waals surface area contributed by atoms with Crippen LogP contribution in [-0.4, -0.2) is 34.4 Å². The Hall–Kier alpha value is -0.953. The zero-order chi connectivity index (χ0) is 14.8. The first-order valence-electron chi connectivity index (χ1n) is 6.55. The highest BCUT2D eigenvalue weighted by atomic mass is 32.1. The number of hydrogen-bond donors (Lipinski definition) is 0. The third-order valence-corrected chi connectivity index (χ3v) is 7.65. The lowest BCUT2D eigenvalue weighted by Gasteiger charge is -2.19. The summed E-state index contributed by atoms with van der Waals surface area (Å²) >= 11 is 1.71. The van der Waals surface area contributed by atoms with Crippen LogP contribution in [0.15, 0.2) is 12.1 Å². The van der Waals surface area contributed by atoms with Gasteiger partial charge in [-0.1, -0.05) is 19.6 Å². The predicted octanol–water partition coefficient (Wildman–Crippen LogP) is 2.52. The summed E-state index contributed by atoms with van der Waals surface area (Å²) in [5.41, 5.74) is 1.12. The largest absolute Gasteiger partial charge is 0.466 e. The number of carbonyl (C=O) groups excluding carboxylic acids is 1. The van der Waals surface area contributed by atoms with Crippen LogP contribution in [0.4, 0.5) is 0 Å². The molecular formula is C14H20O4SSi. The van der Waals surface area contributed by atoms with E-state index in [1.807, 2.05) is 0 Å². The molecule has 0 atom stereocenters. The van der Waals surface area contributed by atoms with Crippen molar-refractivity contribution in [2.45, 2.75) is 25.9 Å². The molecule has 1 aliphatic heterocycles. The van der Waals surface area contributed by atoms with Crippen molar-refractivity contribution in [3.8, 4) is 0 Å². The van der Waals surface area contributed by atoms with Crippen LogP contribution >= 0.6 is 11.3 Å². The molecule has 4 nitrogen and oxygen atoms in total. The maximum atomic E-state index is 11.2. The molecule has 0 N–H and O–H groups in total. The first-order chi connectivity index (χ1) is 9.41. The summed E-state index contributed by atoms with van der Waals surface area (Å²) in [6, 6.07) is 2.06. The molecule has 110 valence electrons. The molecule has 0 amide bonds. The van der Waals surface area contributed by atoms with Gasteiger partial charge in [-0.2, -0.15) is 0 Å². The van der Waals surface area contributed by atoms with Crippen LogP contribution in [0.1, 0.15) is 16.7 Å². The summed E-state index contributed by atoms with van der Waals surface area (Å²) < 4.78 is 17.2. The molecule has 1 aromatic heterocycles. The van der Waals surface area contributed by atoms with Gasteiger partial charge in [0.05, 0.1) is 28.4 Å². The van der Waals surface area contributed by atoms with Crippen LogP contribution in [0.5, 0.6) is 0 Å². The molecule has 0 aliphatic carbocycles. The second-order valence-corrected chi connectivity index (χ2v) is 12.1. The lowest BCUT2D eigenvalue weighted by Crippen LogP contribution is -2.38. The van der Waals surface area contributed by atoms with E-state index in [0.717, 1.165) is 10.4 Å². The molecular weight excluding hydrogens is 292 g/mol. The van der Waals surface area contributed by atoms with Gasteiger partial charge in [0.1, 0.15) is 0 Å². The van der Waals surface area contributed by atoms with Crippen molar-refractivity contribution >= 4 is 36.0 Å². The van der Waals surface area contributed by atoms with Crippen LogP contribution < -0.4 is 4.50 Å². The summed E-state index contributed by atoms with van der Waals surface area (Å²) in [5.74, 6) is -0.345. The zero-order valence-corrected chi connectivity index (χ0v) is 14.1. The van der Waals surface area contributed by atoms with Crippen LogP contribution in [0, 0.1) is 0 Å². The second kappa shape index (κ2) is 6.22. The van der Waals surface area contributed by atoms with Gasteiger partial charge in [0, 0.05) is 16.5 Å². The zero-order valence-electron chi connectivity index (χ0n) is 12.3. The molecule has 2 heterocycles. The van der Waals surface area contributed by atoms with Gasteiger partial charge >= 0.3 is 5.97 Å². The minimum Gasteiger partial charge on any atom is -0.466 e. The minimum atomic E-state index is -1.48. The SMILES string of the molecule is COC(=O)/C=C/c1cc(C2OCCO2)c([Si](C)(C)C)s1. The van der Waals surface area contributed by atoms with Crippen molar-refractivity contribution in [3.63, 3.8) is 0 Å². The Morgan fingerprint density at radius 2 is 2.05 bits per heavy atom. The summed E-state index contributed by atoms with van der Waals surface area (Å²) in [6.07, 6.45) is 2.98. The maximum Gasteiger partial charge on any atom is 0.330 e. The standard InChI is InChI=1S/C14H20O4SSi/c1-16-12(15)6-5-10-9-11(13-17-7-8-18-13)14(19-10)20(2,3)4/h5-6,9,13H,7-8H2,1-4H3/b6-5+. The second-order valence-electron chi connectivity index (χ2n) is 5.61. The highest BCUT2D eigenvalue weighted by Gasteiger charge is 2.30. The van der Waals surface area contributed by atoms with E-state index in [1.54, 1.807) is 17.4 Å². The van der Waals surface area contributed by atoms with Crippen molar-refractivity contribution in [1.82, 2.24) is 0 Å². The van der Waals surface area contributed by atoms with Gasteiger partial charge in [-0.15, -0.1) is 11.3 Å². The summed E-state index contributed by atoms with van der Waals surface area (Å²) in [5, 5.41) is 0. The lowest BCUT2D eigenvalue weighted by atomic mass is 10.3. The van der Waals surface area contributed by atoms with E-state index in [0.29, 0.717) is 13.2 Å². The highest BCUT2D eigenvalue weighted by Crippen LogP contribution is 2.29. The van der Waals surface area contributed by atoms with Gasteiger partial charge < -0.3 is 14.2 Å². The average molecular weight is 312 g/mol. The number of rotatable bonds is 4. The van der Waals surface area contributed by atoms with Crippen LogP contribution in [0.2, 0.25) is 19.6 Å². The lowest BCUT2D eigenvalue weighted by molar-refractivity contribution is -0.134. The Labute approximate surface area is 124 Å². The van der Waals surface area contributed by atoms with Crippen molar-refractivity contribution in [2.75, 3.05) is 20.3 Å². The highest BCUT2D eigenvalue weighted by molar-refractivity contribution is 7.27. The van der Waals surface area contributed by atoms with Gasteiger partial charge in [0.15, 0.2) is 6.29 Å². The molecule has 2 rings (SSSR count). The Bertz CT molecular complexity index is 510. The summed E-state index contributed by atoms with van der Waals surface area (Å²) in [4.78, 5) is 12.2. The van der Waals surface area contributed by atoms with E-state index in [9.17, 15) is 4.79 Å². The summed E-state index contributed by atoms with van der Waals surface area (Å²) in [7, 11) is -0.105. The van der Waals surface area contributed by atoms with Gasteiger partial charge in [0.2, 0.25) is 0 Å². The Balaban J connectivity index is 2.32. The maximum absolute atomic E-state index is 11.2. The van der Waals surface area contributed by atoms with Gasteiger partial charge in [-0.05, 0) is 16.6 Å². The van der Waals surface area contributed by atoms with E-state index < -0.39 is 8.07 Å². The molecule has 0 bridgehead atoms. The molecule has 0 aromatic carbocycles. The van der Waals surface area contributed by atoms with Crippen molar-refractivity contribution in [1.29, 1.82) is 0 Å². The molecule has 1 aliphatic rings. The Morgan fingerprint density at radius 1 is 1.40 bits per heavy atom. The number of carbonyl (C=O) groups is 1. The minimum absolute atomic E-state index is 0.256. The third-order valence-electron chi connectivity index (χ3n) is 2.92. The molecule has 0 radical (unpaired) electrons. The van der Waals surface area contributed by atoms with Gasteiger partial charge in [-0.3, -0.25) is 0 Å². The molecule has 1 aromatic rings. The van der Waals surface area contributed by atoms with Crippen LogP contribution in [0.25, 0.3) is 6.08 Å². The third kappa shape index (κ3) is 3.57. The predicted molar refractivity (Wildman–Crippen MR) is 83.0 cm³/mol. The smallest absolute Gasteiger partial charge is 0.330 e. The van der Waals surface area contributed by atoms with E-state index in [4.69, 9.17) is 9.47 Å². The molecule has 0 unspecified atom stereocenters. The molecule has 1 saturated heterocycles. The summed E-state index contributed by atoms with van der Waals surface area (Å²) in [6.45, 7) is 8.17. The number of thiophene rings is 1. The van der Waals surface area contributed by atoms with Crippen molar-refractivity contribution in [2.24, 2.45) is 0 Å². The molecule has 0 spiro atoms. The van der Waals surface area contributed by atoms with Gasteiger partial charge in [0.25, 0.3) is 0 Å². The fraction of sp³-hybridized carbons (Fsp3) is 0.500. The fourth-order valence-electron chi connectivity index (χ4n) is 2.02. The average Bonchev–Trinajstić information content (AvgIpc) is 3.03. The van der Waals surface area contributed by atoms with Crippen LogP contribution in [0.3, 0.4) is 0 Å². The van der Waals surface area contributed by atoms with E-state index in [2.05, 4.69) is 30.4 Å². The van der Waals surface area contributed by atoms with E-state index in [-0.39, 0.29) is 12.3 Å². The van der Waals surface area contributed by atoms with Crippen molar-refractivity contribution in [3.05, 3.63) is 22.6 Å². The van der Waals surface area contributed by atoms with E-state index >= 15 is 0 Å². The molecule has 1 fully saturated rings. The number of hydrogen-bond acceptors (Lipinski definition) is 5. The first kappa shape index (κ1) is 15.4. The topological polar surface area (TPSA) is 44.8 Å². The van der Waals surface area contributed by atoms with Crippen molar-refractivity contribution < 1.29 is 19.0 Å². The number of esters is 1. The van der Waals surface area contributed by atoms with E-state index in [1.165, 1.54) is 17.7 Å². The monoisotopic (exact) mass is 312 g/mol. The first-order valence-corrected chi connectivity index (χ1v) is 10.9. The normalized spacial score (nSPS) is 17.0. The quantitative estimate of drug-likeness (QED) is 0.487. The Morgan fingerprint density at radius 3 is 2.60 bits per heavy atom.